The van der Waals surface area contributed by atoms with Crippen LogP contribution in [0.25, 0.3) is 11.5 Å². The molecule has 0 unspecified atom stereocenters. The second-order valence-electron chi connectivity index (χ2n) is 3.51. The molecular weight excluding hydrogens is 243 g/mol. The van der Waals surface area contributed by atoms with Crippen LogP contribution in [0.4, 0.5) is 10.1 Å². The van der Waals surface area contributed by atoms with Gasteiger partial charge in [-0.25, -0.2) is 4.39 Å². The molecule has 0 fully saturated rings. The molecule has 0 aliphatic rings. The largest absolute Gasteiger partial charge is 0.334 e. The first kappa shape index (κ1) is 12.1. The summed E-state index contributed by atoms with van der Waals surface area (Å²) < 4.78 is 18.1. The Morgan fingerprint density at radius 1 is 1.44 bits per heavy atom. The van der Waals surface area contributed by atoms with E-state index in [-0.39, 0.29) is 17.1 Å². The smallest absolute Gasteiger partial charge is 0.273 e. The first-order valence-electron chi connectivity index (χ1n) is 5.08. The molecule has 0 saturated carbocycles. The summed E-state index contributed by atoms with van der Waals surface area (Å²) in [4.78, 5) is 13.9. The molecule has 8 heteroatoms. The van der Waals surface area contributed by atoms with Gasteiger partial charge in [0, 0.05) is 18.1 Å². The van der Waals surface area contributed by atoms with Gasteiger partial charge in [0.25, 0.3) is 11.6 Å². The van der Waals surface area contributed by atoms with E-state index in [0.29, 0.717) is 18.8 Å². The summed E-state index contributed by atoms with van der Waals surface area (Å²) >= 11 is 0. The van der Waals surface area contributed by atoms with E-state index in [9.17, 15) is 14.5 Å². The standard InChI is InChI=1S/C10H9FN4O3/c11-7-3-6(4-8(5-7)15(16)17)10-13-9(1-2-12)14-18-10/h3-5H,1-2,12H2. The normalized spacial score (nSPS) is 10.6. The van der Waals surface area contributed by atoms with Crippen molar-refractivity contribution in [2.24, 2.45) is 5.73 Å². The van der Waals surface area contributed by atoms with Gasteiger partial charge in [0.05, 0.1) is 11.0 Å². The van der Waals surface area contributed by atoms with Crippen LogP contribution < -0.4 is 5.73 Å². The fourth-order valence-electron chi connectivity index (χ4n) is 1.40. The molecular formula is C10H9FN4O3. The number of nitro benzene ring substituents is 1. The number of aromatic nitrogens is 2. The van der Waals surface area contributed by atoms with Gasteiger partial charge < -0.3 is 10.3 Å². The summed E-state index contributed by atoms with van der Waals surface area (Å²) in [6.45, 7) is 0.349. The van der Waals surface area contributed by atoms with Crippen LogP contribution >= 0.6 is 0 Å². The zero-order chi connectivity index (χ0) is 13.1. The van der Waals surface area contributed by atoms with Crippen LogP contribution in [0.2, 0.25) is 0 Å². The fourth-order valence-corrected chi connectivity index (χ4v) is 1.40. The van der Waals surface area contributed by atoms with Crippen molar-refractivity contribution in [3.8, 4) is 11.5 Å². The van der Waals surface area contributed by atoms with Gasteiger partial charge in [-0.2, -0.15) is 4.98 Å². The number of nitrogens with two attached hydrogens (primary N) is 1. The monoisotopic (exact) mass is 252 g/mol. The number of non-ortho nitro benzene ring substituents is 1. The van der Waals surface area contributed by atoms with Gasteiger partial charge in [-0.15, -0.1) is 0 Å². The highest BCUT2D eigenvalue weighted by Crippen LogP contribution is 2.24. The maximum Gasteiger partial charge on any atom is 0.273 e. The van der Waals surface area contributed by atoms with E-state index in [4.69, 9.17) is 10.3 Å². The van der Waals surface area contributed by atoms with Gasteiger partial charge in [0.2, 0.25) is 0 Å². The predicted octanol–water partition coefficient (Wildman–Crippen LogP) is 1.29. The van der Waals surface area contributed by atoms with Gasteiger partial charge >= 0.3 is 0 Å². The second kappa shape index (κ2) is 4.88. The van der Waals surface area contributed by atoms with Crippen LogP contribution in [0.15, 0.2) is 22.7 Å². The first-order chi connectivity index (χ1) is 8.60. The van der Waals surface area contributed by atoms with Gasteiger partial charge in [0.1, 0.15) is 5.82 Å². The summed E-state index contributed by atoms with van der Waals surface area (Å²) in [6, 6.07) is 3.08. The Morgan fingerprint density at radius 2 is 2.22 bits per heavy atom. The number of benzene rings is 1. The van der Waals surface area contributed by atoms with Crippen LogP contribution in [0, 0.1) is 15.9 Å². The molecule has 0 saturated heterocycles. The topological polar surface area (TPSA) is 108 Å². The third kappa shape index (κ3) is 2.48. The SMILES string of the molecule is NCCc1noc(-c2cc(F)cc([N+](=O)[O-])c2)n1. The average molecular weight is 252 g/mol. The summed E-state index contributed by atoms with van der Waals surface area (Å²) in [6.07, 6.45) is 0.418. The molecule has 0 amide bonds. The van der Waals surface area contributed by atoms with Crippen molar-refractivity contribution in [1.82, 2.24) is 10.1 Å². The van der Waals surface area contributed by atoms with Crippen molar-refractivity contribution in [3.63, 3.8) is 0 Å². The molecule has 0 atom stereocenters. The van der Waals surface area contributed by atoms with Crippen molar-refractivity contribution in [3.05, 3.63) is 40.0 Å². The number of rotatable bonds is 4. The van der Waals surface area contributed by atoms with Crippen molar-refractivity contribution in [2.75, 3.05) is 6.54 Å². The number of nitrogens with zero attached hydrogens (tertiary/aromatic N) is 3. The average Bonchev–Trinajstić information content (AvgIpc) is 2.77. The zero-order valence-corrected chi connectivity index (χ0v) is 9.17. The Bertz CT molecular complexity index is 584. The summed E-state index contributed by atoms with van der Waals surface area (Å²) in [5, 5.41) is 14.2. The first-order valence-corrected chi connectivity index (χ1v) is 5.08. The Labute approximate surface area is 101 Å². The molecule has 18 heavy (non-hydrogen) atoms. The molecule has 94 valence electrons. The highest BCUT2D eigenvalue weighted by atomic mass is 19.1. The van der Waals surface area contributed by atoms with E-state index in [1.165, 1.54) is 6.07 Å². The number of halogens is 1. The van der Waals surface area contributed by atoms with Gasteiger partial charge in [-0.1, -0.05) is 5.16 Å². The van der Waals surface area contributed by atoms with E-state index < -0.39 is 10.7 Å². The Hall–Kier alpha value is -2.35. The third-order valence-corrected chi connectivity index (χ3v) is 2.18. The quantitative estimate of drug-likeness (QED) is 0.648. The van der Waals surface area contributed by atoms with Crippen LogP contribution in [-0.4, -0.2) is 21.6 Å². The lowest BCUT2D eigenvalue weighted by Crippen LogP contribution is -2.03. The van der Waals surface area contributed by atoms with Crippen LogP contribution in [0.1, 0.15) is 5.82 Å². The Balaban J connectivity index is 2.39. The molecule has 0 spiro atoms. The molecule has 0 aliphatic carbocycles. The Kier molecular flexibility index (Phi) is 3.28. The highest BCUT2D eigenvalue weighted by Gasteiger charge is 2.15. The van der Waals surface area contributed by atoms with Crippen LogP contribution in [0.5, 0.6) is 0 Å². The maximum absolute atomic E-state index is 13.2. The van der Waals surface area contributed by atoms with E-state index >= 15 is 0 Å². The minimum atomic E-state index is -0.738. The minimum absolute atomic E-state index is 0.0288. The van der Waals surface area contributed by atoms with E-state index in [1.807, 2.05) is 0 Å². The van der Waals surface area contributed by atoms with Crippen LogP contribution in [0.3, 0.4) is 0 Å². The van der Waals surface area contributed by atoms with Crippen molar-refractivity contribution >= 4 is 5.69 Å². The zero-order valence-electron chi connectivity index (χ0n) is 9.17. The van der Waals surface area contributed by atoms with Gasteiger partial charge in [-0.3, -0.25) is 10.1 Å². The van der Waals surface area contributed by atoms with Crippen LogP contribution in [-0.2, 0) is 6.42 Å². The van der Waals surface area contributed by atoms with Gasteiger partial charge in [-0.05, 0) is 12.6 Å². The van der Waals surface area contributed by atoms with E-state index in [1.54, 1.807) is 0 Å². The van der Waals surface area contributed by atoms with Crippen molar-refractivity contribution < 1.29 is 13.8 Å². The molecule has 2 N–H and O–H groups in total. The predicted molar refractivity (Wildman–Crippen MR) is 59.1 cm³/mol. The number of hydrogen-bond donors (Lipinski definition) is 1. The number of nitro groups is 1. The molecule has 0 bridgehead atoms. The molecule has 7 nitrogen and oxygen atoms in total. The molecule has 1 aromatic carbocycles. The molecule has 1 heterocycles. The molecule has 0 radical (unpaired) electrons. The fraction of sp³-hybridized carbons (Fsp3) is 0.200. The van der Waals surface area contributed by atoms with E-state index in [2.05, 4.69) is 10.1 Å². The Morgan fingerprint density at radius 3 is 2.89 bits per heavy atom. The third-order valence-electron chi connectivity index (χ3n) is 2.18. The summed E-state index contributed by atoms with van der Waals surface area (Å²) in [5.74, 6) is -0.335. The second-order valence-corrected chi connectivity index (χ2v) is 3.51. The highest BCUT2D eigenvalue weighted by molar-refractivity contribution is 5.57. The lowest BCUT2D eigenvalue weighted by molar-refractivity contribution is -0.385. The van der Waals surface area contributed by atoms with Crippen molar-refractivity contribution in [2.45, 2.75) is 6.42 Å². The maximum atomic E-state index is 13.2. The minimum Gasteiger partial charge on any atom is -0.334 e. The number of hydrogen-bond acceptors (Lipinski definition) is 6. The summed E-state index contributed by atoms with van der Waals surface area (Å²) in [7, 11) is 0. The van der Waals surface area contributed by atoms with Gasteiger partial charge in [0.15, 0.2) is 5.82 Å². The summed E-state index contributed by atoms with van der Waals surface area (Å²) in [5.41, 5.74) is 5.12. The lowest BCUT2D eigenvalue weighted by atomic mass is 10.2. The molecule has 2 rings (SSSR count). The van der Waals surface area contributed by atoms with E-state index in [0.717, 1.165) is 12.1 Å². The van der Waals surface area contributed by atoms with Crippen molar-refractivity contribution in [1.29, 1.82) is 0 Å². The molecule has 2 aromatic rings. The molecule has 1 aromatic heterocycles. The molecule has 0 aliphatic heterocycles. The lowest BCUT2D eigenvalue weighted by Gasteiger charge is -1.96.